The van der Waals surface area contributed by atoms with Gasteiger partial charge >= 0.3 is 0 Å². The first-order chi connectivity index (χ1) is 8.27. The Balaban J connectivity index is 3.07. The number of hydrogen-bond acceptors (Lipinski definition) is 3. The topological polar surface area (TPSA) is 70.0 Å². The second-order valence-corrected chi connectivity index (χ2v) is 6.10. The number of halogens is 1. The van der Waals surface area contributed by atoms with Crippen LogP contribution in [0, 0.1) is 30.0 Å². The van der Waals surface area contributed by atoms with E-state index < -0.39 is 21.9 Å². The van der Waals surface area contributed by atoms with E-state index in [1.54, 1.807) is 13.8 Å². The summed E-state index contributed by atoms with van der Waals surface area (Å²) in [6.07, 6.45) is 0. The molecule has 98 valence electrons. The van der Waals surface area contributed by atoms with Crippen molar-refractivity contribution in [2.75, 3.05) is 0 Å². The first-order valence-corrected chi connectivity index (χ1v) is 6.94. The molecule has 0 fully saturated rings. The first kappa shape index (κ1) is 14.6. The molecule has 1 aromatic carbocycles. The molecule has 0 saturated carbocycles. The van der Waals surface area contributed by atoms with Crippen molar-refractivity contribution in [3.63, 3.8) is 0 Å². The Hall–Kier alpha value is -1.45. The molecule has 0 aliphatic carbocycles. The van der Waals surface area contributed by atoms with Gasteiger partial charge in [-0.1, -0.05) is 13.8 Å². The van der Waals surface area contributed by atoms with E-state index in [1.807, 2.05) is 6.07 Å². The Morgan fingerprint density at radius 2 is 2.00 bits per heavy atom. The number of sulfonamides is 1. The predicted molar refractivity (Wildman–Crippen MR) is 65.7 cm³/mol. The molecule has 6 heteroatoms. The van der Waals surface area contributed by atoms with Gasteiger partial charge in [-0.05, 0) is 36.6 Å². The number of nitrogens with one attached hydrogen (secondary N) is 1. The molecule has 0 amide bonds. The molecule has 0 aromatic heterocycles. The molecule has 0 aliphatic heterocycles. The summed E-state index contributed by atoms with van der Waals surface area (Å²) in [5.74, 6) is -0.610. The van der Waals surface area contributed by atoms with Crippen LogP contribution in [-0.4, -0.2) is 14.5 Å². The summed E-state index contributed by atoms with van der Waals surface area (Å²) >= 11 is 0. The lowest BCUT2D eigenvalue weighted by atomic mass is 10.1. The summed E-state index contributed by atoms with van der Waals surface area (Å²) in [6, 6.07) is 4.60. The molecule has 0 heterocycles. The van der Waals surface area contributed by atoms with E-state index in [9.17, 15) is 12.8 Å². The molecule has 0 bridgehead atoms. The number of benzene rings is 1. The Kier molecular flexibility index (Phi) is 4.43. The Bertz CT molecular complexity index is 576. The van der Waals surface area contributed by atoms with E-state index in [0.717, 1.165) is 6.07 Å². The summed E-state index contributed by atoms with van der Waals surface area (Å²) in [6.45, 7) is 4.97. The quantitative estimate of drug-likeness (QED) is 0.909. The minimum atomic E-state index is -3.80. The average Bonchev–Trinajstić information content (AvgIpc) is 2.29. The van der Waals surface area contributed by atoms with Crippen molar-refractivity contribution in [3.8, 4) is 6.07 Å². The van der Waals surface area contributed by atoms with E-state index in [2.05, 4.69) is 4.72 Å². The van der Waals surface area contributed by atoms with Gasteiger partial charge in [0, 0.05) is 0 Å². The highest BCUT2D eigenvalue weighted by molar-refractivity contribution is 7.89. The van der Waals surface area contributed by atoms with Crippen molar-refractivity contribution in [1.82, 2.24) is 4.72 Å². The van der Waals surface area contributed by atoms with Crippen LogP contribution in [0.3, 0.4) is 0 Å². The molecule has 1 aromatic rings. The van der Waals surface area contributed by atoms with Crippen molar-refractivity contribution in [2.24, 2.45) is 5.92 Å². The Labute approximate surface area is 106 Å². The van der Waals surface area contributed by atoms with Crippen LogP contribution >= 0.6 is 0 Å². The average molecular weight is 270 g/mol. The summed E-state index contributed by atoms with van der Waals surface area (Å²) in [4.78, 5) is -0.0395. The fourth-order valence-electron chi connectivity index (χ4n) is 1.33. The smallest absolute Gasteiger partial charge is 0.207 e. The molecular weight excluding hydrogens is 255 g/mol. The molecule has 4 nitrogen and oxygen atoms in total. The highest BCUT2D eigenvalue weighted by Gasteiger charge is 2.22. The number of hydrogen-bond donors (Lipinski definition) is 1. The van der Waals surface area contributed by atoms with E-state index in [-0.39, 0.29) is 16.4 Å². The van der Waals surface area contributed by atoms with Crippen LogP contribution in [0.1, 0.15) is 19.4 Å². The molecule has 1 N–H and O–H groups in total. The molecule has 1 atom stereocenters. The standard InChI is InChI=1S/C12H15FN2O2S/c1-8(2)12(7-14)15-18(16,17)10-4-5-11(13)9(3)6-10/h4-6,8,12,15H,1-3H3. The number of nitrogens with zero attached hydrogens (tertiary/aromatic N) is 1. The SMILES string of the molecule is Cc1cc(S(=O)(=O)NC(C#N)C(C)C)ccc1F. The van der Waals surface area contributed by atoms with Gasteiger partial charge in [0.25, 0.3) is 0 Å². The van der Waals surface area contributed by atoms with Gasteiger partial charge < -0.3 is 0 Å². The third-order valence-electron chi connectivity index (χ3n) is 2.53. The monoisotopic (exact) mass is 270 g/mol. The fourth-order valence-corrected chi connectivity index (χ4v) is 2.71. The maximum atomic E-state index is 13.1. The number of rotatable bonds is 4. The highest BCUT2D eigenvalue weighted by Crippen LogP contribution is 2.15. The van der Waals surface area contributed by atoms with E-state index in [4.69, 9.17) is 5.26 Å². The minimum absolute atomic E-state index is 0.0395. The highest BCUT2D eigenvalue weighted by atomic mass is 32.2. The van der Waals surface area contributed by atoms with E-state index in [1.165, 1.54) is 19.1 Å². The molecule has 18 heavy (non-hydrogen) atoms. The Morgan fingerprint density at radius 1 is 1.39 bits per heavy atom. The lowest BCUT2D eigenvalue weighted by Crippen LogP contribution is -2.37. The van der Waals surface area contributed by atoms with Gasteiger partial charge in [-0.15, -0.1) is 0 Å². The molecule has 0 spiro atoms. The molecular formula is C12H15FN2O2S. The van der Waals surface area contributed by atoms with Gasteiger partial charge in [0.05, 0.1) is 11.0 Å². The van der Waals surface area contributed by atoms with Gasteiger partial charge in [0.2, 0.25) is 10.0 Å². The molecule has 1 unspecified atom stereocenters. The minimum Gasteiger partial charge on any atom is -0.207 e. The number of nitriles is 1. The van der Waals surface area contributed by atoms with Gasteiger partial charge in [-0.25, -0.2) is 12.8 Å². The van der Waals surface area contributed by atoms with Crippen molar-refractivity contribution >= 4 is 10.0 Å². The Morgan fingerprint density at radius 3 is 2.44 bits per heavy atom. The summed E-state index contributed by atoms with van der Waals surface area (Å²) in [5.41, 5.74) is 0.246. The predicted octanol–water partition coefficient (Wildman–Crippen LogP) is 1.96. The van der Waals surface area contributed by atoms with Crippen LogP contribution in [0.4, 0.5) is 4.39 Å². The van der Waals surface area contributed by atoms with Crippen molar-refractivity contribution in [3.05, 3.63) is 29.6 Å². The molecule has 1 rings (SSSR count). The maximum absolute atomic E-state index is 13.1. The zero-order valence-electron chi connectivity index (χ0n) is 10.4. The van der Waals surface area contributed by atoms with Gasteiger partial charge in [0.15, 0.2) is 0 Å². The molecule has 0 saturated heterocycles. The summed E-state index contributed by atoms with van der Waals surface area (Å²) in [5, 5.41) is 8.87. The van der Waals surface area contributed by atoms with Crippen LogP contribution in [-0.2, 0) is 10.0 Å². The van der Waals surface area contributed by atoms with E-state index >= 15 is 0 Å². The normalized spacial score (nSPS) is 13.3. The second kappa shape index (κ2) is 5.46. The van der Waals surface area contributed by atoms with Crippen LogP contribution in [0.5, 0.6) is 0 Å². The fraction of sp³-hybridized carbons (Fsp3) is 0.417. The van der Waals surface area contributed by atoms with Gasteiger partial charge in [0.1, 0.15) is 11.9 Å². The third-order valence-corrected chi connectivity index (χ3v) is 3.97. The van der Waals surface area contributed by atoms with Crippen molar-refractivity contribution in [2.45, 2.75) is 31.7 Å². The van der Waals surface area contributed by atoms with Crippen LogP contribution in [0.25, 0.3) is 0 Å². The lowest BCUT2D eigenvalue weighted by Gasteiger charge is -2.15. The summed E-state index contributed by atoms with van der Waals surface area (Å²) < 4.78 is 39.3. The first-order valence-electron chi connectivity index (χ1n) is 5.46. The van der Waals surface area contributed by atoms with Crippen molar-refractivity contribution < 1.29 is 12.8 Å². The second-order valence-electron chi connectivity index (χ2n) is 4.38. The number of aryl methyl sites for hydroxylation is 1. The summed E-state index contributed by atoms with van der Waals surface area (Å²) in [7, 11) is -3.80. The third kappa shape index (κ3) is 3.28. The maximum Gasteiger partial charge on any atom is 0.241 e. The van der Waals surface area contributed by atoms with Gasteiger partial charge in [-0.3, -0.25) is 0 Å². The van der Waals surface area contributed by atoms with E-state index in [0.29, 0.717) is 0 Å². The zero-order valence-corrected chi connectivity index (χ0v) is 11.3. The lowest BCUT2D eigenvalue weighted by molar-refractivity contribution is 0.515. The van der Waals surface area contributed by atoms with Crippen molar-refractivity contribution in [1.29, 1.82) is 5.26 Å². The van der Waals surface area contributed by atoms with Gasteiger partial charge in [-0.2, -0.15) is 9.98 Å². The van der Waals surface area contributed by atoms with Crippen LogP contribution in [0.15, 0.2) is 23.1 Å². The largest absolute Gasteiger partial charge is 0.241 e. The van der Waals surface area contributed by atoms with Crippen LogP contribution in [0.2, 0.25) is 0 Å². The zero-order chi connectivity index (χ0) is 13.9. The molecule has 0 radical (unpaired) electrons. The van der Waals surface area contributed by atoms with Crippen LogP contribution < -0.4 is 4.72 Å². The molecule has 0 aliphatic rings.